The summed E-state index contributed by atoms with van der Waals surface area (Å²) in [4.78, 5) is 30.6. The average molecular weight is 582 g/mol. The minimum Gasteiger partial charge on any atom is -0.481 e. The van der Waals surface area contributed by atoms with Crippen LogP contribution < -0.4 is 4.90 Å². The molecule has 0 bridgehead atoms. The number of aryl methyl sites for hydroxylation is 1. The van der Waals surface area contributed by atoms with Crippen molar-refractivity contribution in [3.8, 4) is 21.8 Å². The van der Waals surface area contributed by atoms with Gasteiger partial charge in [0.15, 0.2) is 0 Å². The van der Waals surface area contributed by atoms with Gasteiger partial charge >= 0.3 is 5.97 Å². The molecule has 8 nitrogen and oxygen atoms in total. The summed E-state index contributed by atoms with van der Waals surface area (Å²) in [5.74, 6) is -0.145. The number of nitrogens with zero attached hydrogens (tertiary/aromatic N) is 5. The zero-order chi connectivity index (χ0) is 29.0. The van der Waals surface area contributed by atoms with Gasteiger partial charge in [-0.3, -0.25) is 4.79 Å². The minimum atomic E-state index is -0.865. The molecular formula is C30H36ClN5O3S. The second kappa shape index (κ2) is 12.6. The highest BCUT2D eigenvalue weighted by atomic mass is 35.5. The van der Waals surface area contributed by atoms with Gasteiger partial charge in [0, 0.05) is 36.4 Å². The molecule has 0 radical (unpaired) electrons. The van der Waals surface area contributed by atoms with Crippen LogP contribution in [0.2, 0.25) is 5.02 Å². The first-order valence-electron chi connectivity index (χ1n) is 13.3. The van der Waals surface area contributed by atoms with E-state index in [1.807, 2.05) is 43.3 Å². The van der Waals surface area contributed by atoms with Gasteiger partial charge in [-0.1, -0.05) is 23.7 Å². The zero-order valence-electron chi connectivity index (χ0n) is 23.6. The number of thiazole rings is 1. The molecule has 0 saturated carbocycles. The number of anilines is 1. The van der Waals surface area contributed by atoms with Crippen LogP contribution in [0.25, 0.3) is 32.0 Å². The number of hydrogen-bond donors (Lipinski definition) is 2. The normalized spacial score (nSPS) is 14.5. The molecule has 1 fully saturated rings. The van der Waals surface area contributed by atoms with Crippen molar-refractivity contribution in [2.45, 2.75) is 46.1 Å². The number of fused-ring (bicyclic) bond motifs is 1. The highest BCUT2D eigenvalue weighted by molar-refractivity contribution is 7.22. The van der Waals surface area contributed by atoms with E-state index in [9.17, 15) is 9.90 Å². The number of carboxylic acids is 1. The molecule has 2 aromatic heterocycles. The first-order chi connectivity index (χ1) is 18.9. The lowest BCUT2D eigenvalue weighted by Crippen LogP contribution is -2.30. The van der Waals surface area contributed by atoms with Gasteiger partial charge in [-0.2, -0.15) is 0 Å². The summed E-state index contributed by atoms with van der Waals surface area (Å²) in [6.45, 7) is 11.0. The Balaban J connectivity index is 0.000000681. The minimum absolute atomic E-state index is 0.0615. The average Bonchev–Trinajstić information content (AvgIpc) is 3.17. The molecule has 5 rings (SSSR count). The summed E-state index contributed by atoms with van der Waals surface area (Å²) in [5, 5.41) is 19.5. The number of carboxylic acid groups (broad SMARTS) is 1. The summed E-state index contributed by atoms with van der Waals surface area (Å²) in [6.07, 6.45) is 2.80. The van der Waals surface area contributed by atoms with Gasteiger partial charge in [0.2, 0.25) is 5.95 Å². The number of likely N-dealkylation sites (N-methyl/N-ethyl adjacent to an activating group) is 1. The predicted molar refractivity (Wildman–Crippen MR) is 163 cm³/mol. The number of carbonyl (C=O) groups is 1. The Labute approximate surface area is 244 Å². The second-order valence-electron chi connectivity index (χ2n) is 11.0. The summed E-state index contributed by atoms with van der Waals surface area (Å²) >= 11 is 7.66. The summed E-state index contributed by atoms with van der Waals surface area (Å²) < 4.78 is 0.945. The lowest BCUT2D eigenvalue weighted by molar-refractivity contribution is -0.136. The van der Waals surface area contributed by atoms with E-state index in [2.05, 4.69) is 21.8 Å². The number of rotatable bonds is 5. The van der Waals surface area contributed by atoms with Crippen LogP contribution in [0.1, 0.15) is 38.3 Å². The quantitative estimate of drug-likeness (QED) is 0.299. The van der Waals surface area contributed by atoms with E-state index in [0.29, 0.717) is 5.02 Å². The number of halogens is 1. The molecule has 3 heterocycles. The molecule has 0 spiro atoms. The maximum absolute atomic E-state index is 11.7. The fourth-order valence-electron chi connectivity index (χ4n) is 4.51. The summed E-state index contributed by atoms with van der Waals surface area (Å²) in [6, 6.07) is 11.4. The van der Waals surface area contributed by atoms with Crippen LogP contribution in [0.5, 0.6) is 0 Å². The monoisotopic (exact) mass is 581 g/mol. The van der Waals surface area contributed by atoms with Gasteiger partial charge in [0.25, 0.3) is 0 Å². The first-order valence-corrected chi connectivity index (χ1v) is 14.5. The van der Waals surface area contributed by atoms with E-state index < -0.39 is 11.6 Å². The maximum atomic E-state index is 11.7. The van der Waals surface area contributed by atoms with Crippen molar-refractivity contribution in [2.75, 3.05) is 38.1 Å². The van der Waals surface area contributed by atoms with Crippen LogP contribution in [-0.2, 0) is 11.2 Å². The molecule has 1 aliphatic heterocycles. The van der Waals surface area contributed by atoms with E-state index in [-0.39, 0.29) is 6.42 Å². The third kappa shape index (κ3) is 7.75. The van der Waals surface area contributed by atoms with Crippen LogP contribution in [0.15, 0.2) is 42.6 Å². The molecule has 0 atom stereocenters. The third-order valence-electron chi connectivity index (χ3n) is 6.34. The van der Waals surface area contributed by atoms with Gasteiger partial charge in [-0.25, -0.2) is 15.0 Å². The number of benzene rings is 2. The Morgan fingerprint density at radius 3 is 2.45 bits per heavy atom. The van der Waals surface area contributed by atoms with Crippen molar-refractivity contribution < 1.29 is 15.0 Å². The lowest BCUT2D eigenvalue weighted by Gasteiger charge is -2.20. The Morgan fingerprint density at radius 2 is 1.77 bits per heavy atom. The van der Waals surface area contributed by atoms with E-state index >= 15 is 0 Å². The number of aromatic nitrogens is 3. The van der Waals surface area contributed by atoms with E-state index in [1.54, 1.807) is 27.0 Å². The molecule has 0 amide bonds. The lowest BCUT2D eigenvalue weighted by atomic mass is 9.93. The number of aliphatic hydroxyl groups is 1. The SMILES string of the molecule is CC(C)(C)O.Cc1cc2nc(-c3ccnc(N4CCCN(C)CC4)n3)sc2c(-c2ccc(Cl)cc2)c1CC(=O)O. The van der Waals surface area contributed by atoms with Crippen molar-refractivity contribution in [1.82, 2.24) is 19.9 Å². The van der Waals surface area contributed by atoms with Gasteiger partial charge in [-0.05, 0) is 88.7 Å². The van der Waals surface area contributed by atoms with Crippen LogP contribution in [0.4, 0.5) is 5.95 Å². The third-order valence-corrected chi connectivity index (χ3v) is 7.70. The molecule has 1 aliphatic rings. The summed E-state index contributed by atoms with van der Waals surface area (Å²) in [5.41, 5.74) is 4.61. The zero-order valence-corrected chi connectivity index (χ0v) is 25.2. The standard InChI is InChI=1S/C26H26ClN5O2S.C4H10O/c1-16-14-21-24(23(19(16)15-22(33)34)17-4-6-18(27)7-5-17)35-25(29-21)20-8-9-28-26(30-20)32-11-3-10-31(2)12-13-32;1-4(2,3)5/h4-9,14H,3,10-13,15H2,1-2H3,(H,33,34);5H,1-3H3. The molecule has 0 aliphatic carbocycles. The molecule has 10 heteroatoms. The Bertz CT molecular complexity index is 1480. The van der Waals surface area contributed by atoms with E-state index in [1.165, 1.54) is 11.3 Å². The van der Waals surface area contributed by atoms with Crippen molar-refractivity contribution in [2.24, 2.45) is 0 Å². The topological polar surface area (TPSA) is 103 Å². The van der Waals surface area contributed by atoms with E-state index in [0.717, 1.165) is 81.7 Å². The number of aliphatic carboxylic acids is 1. The molecular weight excluding hydrogens is 546 g/mol. The number of hydrogen-bond acceptors (Lipinski definition) is 8. The largest absolute Gasteiger partial charge is 0.481 e. The Morgan fingerprint density at radius 1 is 1.07 bits per heavy atom. The van der Waals surface area contributed by atoms with Crippen molar-refractivity contribution in [3.63, 3.8) is 0 Å². The molecule has 0 unspecified atom stereocenters. The van der Waals surface area contributed by atoms with Gasteiger partial charge in [0.05, 0.1) is 22.2 Å². The van der Waals surface area contributed by atoms with Crippen LogP contribution in [0.3, 0.4) is 0 Å². The highest BCUT2D eigenvalue weighted by Crippen LogP contribution is 2.40. The second-order valence-corrected chi connectivity index (χ2v) is 12.5. The highest BCUT2D eigenvalue weighted by Gasteiger charge is 2.21. The fourth-order valence-corrected chi connectivity index (χ4v) is 5.75. The van der Waals surface area contributed by atoms with Gasteiger partial charge < -0.3 is 20.0 Å². The molecule has 1 saturated heterocycles. The maximum Gasteiger partial charge on any atom is 0.307 e. The molecule has 2 N–H and O–H groups in total. The molecule has 40 heavy (non-hydrogen) atoms. The molecule has 4 aromatic rings. The smallest absolute Gasteiger partial charge is 0.307 e. The Hall–Kier alpha value is -3.11. The molecule has 212 valence electrons. The van der Waals surface area contributed by atoms with Crippen LogP contribution in [-0.4, -0.2) is 74.9 Å². The van der Waals surface area contributed by atoms with Crippen LogP contribution in [0, 0.1) is 6.92 Å². The van der Waals surface area contributed by atoms with Gasteiger partial charge in [-0.15, -0.1) is 11.3 Å². The predicted octanol–water partition coefficient (Wildman–Crippen LogP) is 5.93. The fraction of sp³-hybridized carbons (Fsp3) is 0.400. The summed E-state index contributed by atoms with van der Waals surface area (Å²) in [7, 11) is 2.14. The van der Waals surface area contributed by atoms with Crippen molar-refractivity contribution in [3.05, 3.63) is 58.7 Å². The van der Waals surface area contributed by atoms with E-state index in [4.69, 9.17) is 26.7 Å². The van der Waals surface area contributed by atoms with Crippen LogP contribution >= 0.6 is 22.9 Å². The van der Waals surface area contributed by atoms with Gasteiger partial charge in [0.1, 0.15) is 10.7 Å². The Kier molecular flexibility index (Phi) is 9.41. The first kappa shape index (κ1) is 29.9. The molecule has 2 aromatic carbocycles. The van der Waals surface area contributed by atoms with Crippen molar-refractivity contribution in [1.29, 1.82) is 0 Å². The van der Waals surface area contributed by atoms with Crippen molar-refractivity contribution >= 4 is 45.1 Å².